The Hall–Kier alpha value is -0.860. The van der Waals surface area contributed by atoms with Gasteiger partial charge in [-0.1, -0.05) is 29.3 Å². The molecule has 1 aromatic rings. The average Bonchev–Trinajstić information content (AvgIpc) is 2.55. The Kier molecular flexibility index (Phi) is 11.1. The number of morpholine rings is 1. The second-order valence-corrected chi connectivity index (χ2v) is 6.39. The van der Waals surface area contributed by atoms with Crippen LogP contribution in [0, 0.1) is 13.8 Å². The van der Waals surface area contributed by atoms with Crippen molar-refractivity contribution in [2.75, 3.05) is 52.5 Å². The third-order valence-corrected chi connectivity index (χ3v) is 4.12. The fraction of sp³-hybridized carbons (Fsp3) is 0.632. The van der Waals surface area contributed by atoms with Gasteiger partial charge in [0.25, 0.3) is 0 Å². The molecule has 2 rings (SSSR count). The third kappa shape index (κ3) is 8.87. The molecule has 0 amide bonds. The normalized spacial score (nSPS) is 15.6. The number of guanidine groups is 1. The van der Waals surface area contributed by atoms with Crippen molar-refractivity contribution in [3.63, 3.8) is 0 Å². The van der Waals surface area contributed by atoms with Crippen molar-refractivity contribution in [2.45, 2.75) is 27.2 Å². The fourth-order valence-electron chi connectivity index (χ4n) is 3.01. The van der Waals surface area contributed by atoms with Crippen LogP contribution in [0.2, 0.25) is 0 Å². The maximum atomic E-state index is 5.38. The number of nitrogens with zero attached hydrogens (tertiary/aromatic N) is 2. The van der Waals surface area contributed by atoms with Gasteiger partial charge in [-0.05, 0) is 32.8 Å². The lowest BCUT2D eigenvalue weighted by Gasteiger charge is -2.25. The van der Waals surface area contributed by atoms with Gasteiger partial charge in [0, 0.05) is 32.7 Å². The van der Waals surface area contributed by atoms with Gasteiger partial charge in [-0.2, -0.15) is 0 Å². The number of benzene rings is 1. The van der Waals surface area contributed by atoms with E-state index in [1.54, 1.807) is 0 Å². The van der Waals surface area contributed by atoms with Crippen LogP contribution >= 0.6 is 24.0 Å². The summed E-state index contributed by atoms with van der Waals surface area (Å²) in [6.07, 6.45) is 1.01. The maximum Gasteiger partial charge on any atom is 0.191 e. The SMILES string of the molecule is CCNC(=NCCN1CCOCC1)NCCc1cc(C)cc(C)c1.I. The van der Waals surface area contributed by atoms with Gasteiger partial charge in [-0.25, -0.2) is 0 Å². The monoisotopic (exact) mass is 460 g/mol. The Morgan fingerprint density at radius 1 is 1.12 bits per heavy atom. The molecule has 1 saturated heterocycles. The highest BCUT2D eigenvalue weighted by molar-refractivity contribution is 14.0. The number of aliphatic imine (C=N–C) groups is 1. The number of aryl methyl sites for hydroxylation is 2. The smallest absolute Gasteiger partial charge is 0.191 e. The summed E-state index contributed by atoms with van der Waals surface area (Å²) >= 11 is 0. The fourth-order valence-corrected chi connectivity index (χ4v) is 3.01. The molecular formula is C19H33IN4O. The molecule has 1 aliphatic heterocycles. The predicted molar refractivity (Wildman–Crippen MR) is 116 cm³/mol. The standard InChI is InChI=1S/C19H32N4O.HI/c1-4-20-19(22-7-8-23-9-11-24-12-10-23)21-6-5-18-14-16(2)13-17(3)15-18;/h13-15H,4-12H2,1-3H3,(H2,20,21,22);1H. The van der Waals surface area contributed by atoms with Gasteiger partial charge in [0.1, 0.15) is 0 Å². The van der Waals surface area contributed by atoms with Crippen molar-refractivity contribution in [1.82, 2.24) is 15.5 Å². The van der Waals surface area contributed by atoms with E-state index in [2.05, 4.69) is 59.5 Å². The minimum absolute atomic E-state index is 0. The maximum absolute atomic E-state index is 5.38. The molecule has 0 spiro atoms. The highest BCUT2D eigenvalue weighted by atomic mass is 127. The van der Waals surface area contributed by atoms with Crippen molar-refractivity contribution < 1.29 is 4.74 Å². The van der Waals surface area contributed by atoms with Crippen molar-refractivity contribution in [2.24, 2.45) is 4.99 Å². The van der Waals surface area contributed by atoms with E-state index in [0.717, 1.165) is 64.9 Å². The molecular weight excluding hydrogens is 427 g/mol. The minimum atomic E-state index is 0. The molecule has 1 fully saturated rings. The van der Waals surface area contributed by atoms with Crippen LogP contribution in [-0.4, -0.2) is 63.3 Å². The van der Waals surface area contributed by atoms with Gasteiger partial charge in [-0.15, -0.1) is 24.0 Å². The van der Waals surface area contributed by atoms with Crippen molar-refractivity contribution in [3.05, 3.63) is 34.9 Å². The van der Waals surface area contributed by atoms with Crippen LogP contribution in [0.15, 0.2) is 23.2 Å². The summed E-state index contributed by atoms with van der Waals surface area (Å²) in [6.45, 7) is 13.7. The van der Waals surface area contributed by atoms with E-state index < -0.39 is 0 Å². The summed E-state index contributed by atoms with van der Waals surface area (Å²) in [6, 6.07) is 6.74. The number of halogens is 1. The van der Waals surface area contributed by atoms with Crippen LogP contribution in [0.1, 0.15) is 23.6 Å². The molecule has 0 atom stereocenters. The average molecular weight is 460 g/mol. The molecule has 0 saturated carbocycles. The summed E-state index contributed by atoms with van der Waals surface area (Å²) in [5.74, 6) is 0.912. The Bertz CT molecular complexity index is 510. The summed E-state index contributed by atoms with van der Waals surface area (Å²) < 4.78 is 5.38. The lowest BCUT2D eigenvalue weighted by Crippen LogP contribution is -2.40. The van der Waals surface area contributed by atoms with Gasteiger partial charge < -0.3 is 15.4 Å². The first-order valence-corrected chi connectivity index (χ1v) is 9.07. The van der Waals surface area contributed by atoms with E-state index in [-0.39, 0.29) is 24.0 Å². The first-order valence-electron chi connectivity index (χ1n) is 9.07. The Balaban J connectivity index is 0.00000312. The van der Waals surface area contributed by atoms with E-state index in [9.17, 15) is 0 Å². The number of nitrogens with one attached hydrogen (secondary N) is 2. The second kappa shape index (κ2) is 12.5. The van der Waals surface area contributed by atoms with Crippen LogP contribution < -0.4 is 10.6 Å². The number of hydrogen-bond acceptors (Lipinski definition) is 3. The number of ether oxygens (including phenoxy) is 1. The van der Waals surface area contributed by atoms with Gasteiger partial charge in [0.2, 0.25) is 0 Å². The van der Waals surface area contributed by atoms with Crippen LogP contribution in [0.5, 0.6) is 0 Å². The lowest BCUT2D eigenvalue weighted by atomic mass is 10.1. The minimum Gasteiger partial charge on any atom is -0.379 e. The van der Waals surface area contributed by atoms with Crippen LogP contribution in [-0.2, 0) is 11.2 Å². The summed E-state index contributed by atoms with van der Waals surface area (Å²) in [7, 11) is 0. The Labute approximate surface area is 169 Å². The molecule has 2 N–H and O–H groups in total. The molecule has 0 unspecified atom stereocenters. The van der Waals surface area contributed by atoms with Crippen molar-refractivity contribution in [1.29, 1.82) is 0 Å². The molecule has 0 bridgehead atoms. The molecule has 6 heteroatoms. The van der Waals surface area contributed by atoms with E-state index in [1.165, 1.54) is 16.7 Å². The number of rotatable bonds is 7. The number of hydrogen-bond donors (Lipinski definition) is 2. The molecule has 0 aliphatic carbocycles. The molecule has 1 aliphatic rings. The second-order valence-electron chi connectivity index (χ2n) is 6.39. The summed E-state index contributed by atoms with van der Waals surface area (Å²) in [5.41, 5.74) is 4.04. The van der Waals surface area contributed by atoms with Crippen molar-refractivity contribution >= 4 is 29.9 Å². The predicted octanol–water partition coefficient (Wildman–Crippen LogP) is 2.35. The van der Waals surface area contributed by atoms with Crippen LogP contribution in [0.4, 0.5) is 0 Å². The zero-order valence-corrected chi connectivity index (χ0v) is 18.1. The zero-order valence-electron chi connectivity index (χ0n) is 15.8. The molecule has 5 nitrogen and oxygen atoms in total. The highest BCUT2D eigenvalue weighted by Crippen LogP contribution is 2.08. The zero-order chi connectivity index (χ0) is 17.2. The Morgan fingerprint density at radius 3 is 2.44 bits per heavy atom. The molecule has 1 heterocycles. The molecule has 1 aromatic carbocycles. The van der Waals surface area contributed by atoms with Crippen LogP contribution in [0.25, 0.3) is 0 Å². The first kappa shape index (κ1) is 22.2. The van der Waals surface area contributed by atoms with Crippen LogP contribution in [0.3, 0.4) is 0 Å². The lowest BCUT2D eigenvalue weighted by molar-refractivity contribution is 0.0394. The van der Waals surface area contributed by atoms with Gasteiger partial charge in [-0.3, -0.25) is 9.89 Å². The molecule has 0 aromatic heterocycles. The summed E-state index contributed by atoms with van der Waals surface area (Å²) in [4.78, 5) is 7.09. The highest BCUT2D eigenvalue weighted by Gasteiger charge is 2.09. The molecule has 25 heavy (non-hydrogen) atoms. The Morgan fingerprint density at radius 2 is 1.80 bits per heavy atom. The molecule has 0 radical (unpaired) electrons. The van der Waals surface area contributed by atoms with E-state index in [1.807, 2.05) is 0 Å². The van der Waals surface area contributed by atoms with E-state index in [0.29, 0.717) is 0 Å². The quantitative estimate of drug-likeness (QED) is 0.373. The van der Waals surface area contributed by atoms with Gasteiger partial charge in [0.05, 0.1) is 19.8 Å². The van der Waals surface area contributed by atoms with E-state index in [4.69, 9.17) is 4.74 Å². The third-order valence-electron chi connectivity index (χ3n) is 4.12. The van der Waals surface area contributed by atoms with Gasteiger partial charge >= 0.3 is 0 Å². The summed E-state index contributed by atoms with van der Waals surface area (Å²) in [5, 5.41) is 6.77. The largest absolute Gasteiger partial charge is 0.379 e. The molecule has 142 valence electrons. The van der Waals surface area contributed by atoms with Crippen molar-refractivity contribution in [3.8, 4) is 0 Å². The first-order chi connectivity index (χ1) is 11.7. The van der Waals surface area contributed by atoms with E-state index >= 15 is 0 Å². The van der Waals surface area contributed by atoms with Gasteiger partial charge in [0.15, 0.2) is 5.96 Å². The topological polar surface area (TPSA) is 48.9 Å².